The molecule has 0 saturated heterocycles. The van der Waals surface area contributed by atoms with Gasteiger partial charge >= 0.3 is 5.97 Å². The molecule has 0 aliphatic rings. The van der Waals surface area contributed by atoms with E-state index in [1.54, 1.807) is 5.38 Å². The number of ether oxygens (including phenoxy) is 1. The van der Waals surface area contributed by atoms with Gasteiger partial charge in [-0.2, -0.15) is 0 Å². The van der Waals surface area contributed by atoms with Crippen molar-refractivity contribution in [3.63, 3.8) is 0 Å². The monoisotopic (exact) mass is 529 g/mol. The van der Waals surface area contributed by atoms with Crippen molar-refractivity contribution in [3.05, 3.63) is 52.0 Å². The second-order valence-electron chi connectivity index (χ2n) is 10.6. The van der Waals surface area contributed by atoms with Crippen LogP contribution in [0.1, 0.15) is 74.9 Å². The number of esters is 1. The number of benzene rings is 1. The maximum atomic E-state index is 13.1. The summed E-state index contributed by atoms with van der Waals surface area (Å²) in [5, 5.41) is 5.75. The zero-order chi connectivity index (χ0) is 27.5. The Hall–Kier alpha value is -2.74. The molecule has 0 fully saturated rings. The molecule has 8 heteroatoms. The predicted molar refractivity (Wildman–Crippen MR) is 148 cm³/mol. The fourth-order valence-corrected chi connectivity index (χ4v) is 5.32. The molecule has 2 rings (SSSR count). The number of aryl methyl sites for hydroxylation is 1. The summed E-state index contributed by atoms with van der Waals surface area (Å²) < 4.78 is 4.88. The van der Waals surface area contributed by atoms with Crippen molar-refractivity contribution in [1.82, 2.24) is 15.2 Å². The molecule has 0 saturated carbocycles. The Labute approximate surface area is 226 Å². The van der Waals surface area contributed by atoms with Crippen molar-refractivity contribution in [2.45, 2.75) is 78.8 Å². The van der Waals surface area contributed by atoms with E-state index in [1.165, 1.54) is 18.4 Å². The number of nitrogens with one attached hydrogen (secondary N) is 1. The maximum Gasteiger partial charge on any atom is 0.308 e. The number of carbonyl (C=O) groups excluding carboxylic acids is 3. The minimum atomic E-state index is -0.339. The minimum Gasteiger partial charge on any atom is -0.469 e. The third-order valence-electron chi connectivity index (χ3n) is 6.58. The number of methoxy groups -OCH3 is 1. The Bertz CT molecular complexity index is 1010. The van der Waals surface area contributed by atoms with E-state index in [9.17, 15) is 14.4 Å². The highest BCUT2D eigenvalue weighted by Gasteiger charge is 2.25. The second-order valence-corrected chi connectivity index (χ2v) is 11.5. The lowest BCUT2D eigenvalue weighted by Gasteiger charge is -2.32. The Balaban J connectivity index is 2.05. The molecule has 2 amide bonds. The van der Waals surface area contributed by atoms with Crippen molar-refractivity contribution in [1.29, 1.82) is 0 Å². The zero-order valence-electron chi connectivity index (χ0n) is 23.3. The summed E-state index contributed by atoms with van der Waals surface area (Å²) in [5.74, 6) is -0.0691. The summed E-state index contributed by atoms with van der Waals surface area (Å²) in [5.41, 5.74) is 1.47. The largest absolute Gasteiger partial charge is 0.469 e. The Morgan fingerprint density at radius 2 is 1.76 bits per heavy atom. The van der Waals surface area contributed by atoms with Gasteiger partial charge in [-0.3, -0.25) is 14.4 Å². The topological polar surface area (TPSA) is 88.6 Å². The van der Waals surface area contributed by atoms with Gasteiger partial charge in [-0.15, -0.1) is 11.3 Å². The lowest BCUT2D eigenvalue weighted by Crippen LogP contribution is -2.41. The average molecular weight is 530 g/mol. The minimum absolute atomic E-state index is 0.113. The lowest BCUT2D eigenvalue weighted by atomic mass is 9.96. The van der Waals surface area contributed by atoms with E-state index in [1.807, 2.05) is 49.2 Å². The third kappa shape index (κ3) is 9.91. The highest BCUT2D eigenvalue weighted by atomic mass is 32.1. The number of hydrogen-bond donors (Lipinski definition) is 1. The van der Waals surface area contributed by atoms with Crippen LogP contribution in [0.4, 0.5) is 0 Å². The molecule has 1 heterocycles. The number of aromatic nitrogens is 1. The summed E-state index contributed by atoms with van der Waals surface area (Å²) >= 11 is 1.47. The summed E-state index contributed by atoms with van der Waals surface area (Å²) in [4.78, 5) is 44.2. The number of nitrogens with zero attached hydrogens (tertiary/aromatic N) is 2. The van der Waals surface area contributed by atoms with E-state index in [2.05, 4.69) is 38.0 Å². The van der Waals surface area contributed by atoms with Crippen molar-refractivity contribution >= 4 is 29.1 Å². The lowest BCUT2D eigenvalue weighted by molar-refractivity contribution is -0.145. The number of amides is 2. The van der Waals surface area contributed by atoms with Crippen LogP contribution in [0.15, 0.2) is 35.7 Å². The van der Waals surface area contributed by atoms with E-state index in [0.29, 0.717) is 43.2 Å². The first-order chi connectivity index (χ1) is 17.5. The Morgan fingerprint density at radius 1 is 1.08 bits per heavy atom. The van der Waals surface area contributed by atoms with Crippen molar-refractivity contribution < 1.29 is 19.1 Å². The molecule has 7 nitrogen and oxygen atoms in total. The molecule has 0 spiro atoms. The van der Waals surface area contributed by atoms with Crippen LogP contribution < -0.4 is 5.32 Å². The van der Waals surface area contributed by atoms with Gasteiger partial charge in [-0.25, -0.2) is 4.98 Å². The van der Waals surface area contributed by atoms with Gasteiger partial charge < -0.3 is 15.0 Å². The van der Waals surface area contributed by atoms with Crippen molar-refractivity contribution in [2.24, 2.45) is 17.8 Å². The van der Waals surface area contributed by atoms with E-state index in [0.717, 1.165) is 17.0 Å². The normalized spacial score (nSPS) is 13.8. The van der Waals surface area contributed by atoms with Gasteiger partial charge in [0, 0.05) is 37.4 Å². The van der Waals surface area contributed by atoms with Gasteiger partial charge in [0.05, 0.1) is 18.0 Å². The molecule has 0 aliphatic carbocycles. The van der Waals surface area contributed by atoms with Gasteiger partial charge in [0.2, 0.25) is 5.91 Å². The summed E-state index contributed by atoms with van der Waals surface area (Å²) in [6.07, 6.45) is 3.11. The van der Waals surface area contributed by atoms with E-state index in [-0.39, 0.29) is 35.8 Å². The highest BCUT2D eigenvalue weighted by Crippen LogP contribution is 2.21. The number of thiazole rings is 1. The molecular formula is C29H43N3O4S. The molecule has 2 aromatic rings. The fourth-order valence-electron chi connectivity index (χ4n) is 4.53. The second kappa shape index (κ2) is 14.9. The van der Waals surface area contributed by atoms with Crippen molar-refractivity contribution in [2.75, 3.05) is 14.2 Å². The van der Waals surface area contributed by atoms with Gasteiger partial charge in [0.1, 0.15) is 5.69 Å². The van der Waals surface area contributed by atoms with Gasteiger partial charge in [-0.1, -0.05) is 65.0 Å². The van der Waals surface area contributed by atoms with Crippen LogP contribution in [-0.4, -0.2) is 53.9 Å². The van der Waals surface area contributed by atoms with Crippen LogP contribution in [0.3, 0.4) is 0 Å². The zero-order valence-corrected chi connectivity index (χ0v) is 24.1. The highest BCUT2D eigenvalue weighted by molar-refractivity contribution is 7.09. The van der Waals surface area contributed by atoms with Crippen LogP contribution in [0.5, 0.6) is 0 Å². The number of carbonyl (C=O) groups is 3. The number of hydrogen-bond acceptors (Lipinski definition) is 6. The first-order valence-corrected chi connectivity index (χ1v) is 14.0. The van der Waals surface area contributed by atoms with E-state index in [4.69, 9.17) is 4.74 Å². The standard InChI is InChI=1S/C29H43N3O4S/c1-19(2)15-27(33)32(6)25(20(3)4)13-14-26-31-24(18-37-26)28(34)30-23(16-21(5)29(35)36-7)17-22-11-9-8-10-12-22/h8-12,18-21,23,25H,13-17H2,1-7H3,(H,30,34)/t21-,23+,25+/m0/s1. The van der Waals surface area contributed by atoms with Crippen LogP contribution in [0.25, 0.3) is 0 Å². The predicted octanol–water partition coefficient (Wildman–Crippen LogP) is 5.15. The van der Waals surface area contributed by atoms with Crippen LogP contribution in [-0.2, 0) is 27.2 Å². The van der Waals surface area contributed by atoms with Crippen LogP contribution in [0, 0.1) is 17.8 Å². The smallest absolute Gasteiger partial charge is 0.308 e. The molecule has 0 bridgehead atoms. The molecule has 3 atom stereocenters. The average Bonchev–Trinajstić information content (AvgIpc) is 3.32. The first-order valence-electron chi connectivity index (χ1n) is 13.1. The van der Waals surface area contributed by atoms with Gasteiger partial charge in [-0.05, 0) is 36.7 Å². The molecule has 1 aromatic heterocycles. The van der Waals surface area contributed by atoms with Crippen LogP contribution in [0.2, 0.25) is 0 Å². The van der Waals surface area contributed by atoms with Gasteiger partial charge in [0.25, 0.3) is 5.91 Å². The molecule has 37 heavy (non-hydrogen) atoms. The third-order valence-corrected chi connectivity index (χ3v) is 7.49. The van der Waals surface area contributed by atoms with E-state index >= 15 is 0 Å². The quantitative estimate of drug-likeness (QED) is 0.342. The molecule has 1 N–H and O–H groups in total. The van der Waals surface area contributed by atoms with Crippen LogP contribution >= 0.6 is 11.3 Å². The number of rotatable bonds is 14. The molecule has 0 radical (unpaired) electrons. The van der Waals surface area contributed by atoms with E-state index < -0.39 is 0 Å². The fraction of sp³-hybridized carbons (Fsp3) is 0.586. The summed E-state index contributed by atoms with van der Waals surface area (Å²) in [6, 6.07) is 9.77. The first kappa shape index (κ1) is 30.5. The molecular weight excluding hydrogens is 486 g/mol. The summed E-state index contributed by atoms with van der Waals surface area (Å²) in [6.45, 7) is 10.2. The summed E-state index contributed by atoms with van der Waals surface area (Å²) in [7, 11) is 3.26. The van der Waals surface area contributed by atoms with Crippen molar-refractivity contribution in [3.8, 4) is 0 Å². The van der Waals surface area contributed by atoms with Gasteiger partial charge in [0.15, 0.2) is 0 Å². The SMILES string of the molecule is COC(=O)[C@@H](C)C[C@H](Cc1ccccc1)NC(=O)c1csc(CC[C@H](C(C)C)N(C)C(=O)CC(C)C)n1. The Morgan fingerprint density at radius 3 is 2.35 bits per heavy atom. The Kier molecular flexibility index (Phi) is 12.2. The molecule has 1 aromatic carbocycles. The molecule has 204 valence electrons. The maximum absolute atomic E-state index is 13.1. The molecule has 0 unspecified atom stereocenters. The molecule has 0 aliphatic heterocycles.